The van der Waals surface area contributed by atoms with Gasteiger partial charge in [0, 0.05) is 38.3 Å². The number of morpholine rings is 1. The summed E-state index contributed by atoms with van der Waals surface area (Å²) in [6.07, 6.45) is -1.40. The van der Waals surface area contributed by atoms with Crippen LogP contribution in [0.1, 0.15) is 18.4 Å². The Morgan fingerprint density at radius 3 is 2.73 bits per heavy atom. The number of hydrogen-bond donors (Lipinski definition) is 2. The zero-order valence-electron chi connectivity index (χ0n) is 20.5. The SMILES string of the molecule is Cc1ccc(NC(=O)N2CCC(CC(F)(F)F)C2)cc1-c1cc(-c2cnc[nH]2)nc(N2CCOCC2)c1. The number of rotatable bonds is 5. The number of benzene rings is 1. The van der Waals surface area contributed by atoms with E-state index in [2.05, 4.69) is 20.2 Å². The van der Waals surface area contributed by atoms with Crippen molar-refractivity contribution in [1.29, 1.82) is 0 Å². The second-order valence-corrected chi connectivity index (χ2v) is 9.54. The Hall–Kier alpha value is -3.60. The Kier molecular flexibility index (Phi) is 7.05. The molecule has 37 heavy (non-hydrogen) atoms. The number of hydrogen-bond acceptors (Lipinski definition) is 5. The van der Waals surface area contributed by atoms with E-state index < -0.39 is 18.5 Å². The summed E-state index contributed by atoms with van der Waals surface area (Å²) in [5.74, 6) is 0.266. The van der Waals surface area contributed by atoms with Crippen molar-refractivity contribution in [3.8, 4) is 22.5 Å². The molecule has 0 radical (unpaired) electrons. The molecular weight excluding hydrogens is 485 g/mol. The van der Waals surface area contributed by atoms with Crippen molar-refractivity contribution in [3.05, 3.63) is 48.4 Å². The molecule has 0 bridgehead atoms. The number of ether oxygens (including phenoxy) is 1. The van der Waals surface area contributed by atoms with Gasteiger partial charge >= 0.3 is 12.2 Å². The smallest absolute Gasteiger partial charge is 0.378 e. The van der Waals surface area contributed by atoms with E-state index in [9.17, 15) is 18.0 Å². The summed E-state index contributed by atoms with van der Waals surface area (Å²) in [5.41, 5.74) is 4.99. The molecule has 1 atom stereocenters. The monoisotopic (exact) mass is 514 g/mol. The summed E-state index contributed by atoms with van der Waals surface area (Å²) in [4.78, 5) is 28.5. The van der Waals surface area contributed by atoms with Gasteiger partial charge < -0.3 is 24.8 Å². The van der Waals surface area contributed by atoms with E-state index in [0.717, 1.165) is 47.0 Å². The first-order valence-corrected chi connectivity index (χ1v) is 12.3. The van der Waals surface area contributed by atoms with Crippen molar-refractivity contribution >= 4 is 17.5 Å². The van der Waals surface area contributed by atoms with E-state index in [1.807, 2.05) is 31.2 Å². The van der Waals surface area contributed by atoms with E-state index in [4.69, 9.17) is 9.72 Å². The predicted molar refractivity (Wildman–Crippen MR) is 134 cm³/mol. The summed E-state index contributed by atoms with van der Waals surface area (Å²) < 4.78 is 43.8. The molecule has 2 fully saturated rings. The molecule has 11 heteroatoms. The molecule has 2 aliphatic heterocycles. The number of aromatic nitrogens is 3. The van der Waals surface area contributed by atoms with Crippen LogP contribution in [-0.2, 0) is 4.74 Å². The summed E-state index contributed by atoms with van der Waals surface area (Å²) >= 11 is 0. The highest BCUT2D eigenvalue weighted by Gasteiger charge is 2.36. The number of likely N-dealkylation sites (tertiary alicyclic amines) is 1. The number of H-pyrrole nitrogens is 1. The van der Waals surface area contributed by atoms with Crippen molar-refractivity contribution in [2.45, 2.75) is 25.9 Å². The van der Waals surface area contributed by atoms with Crippen molar-refractivity contribution < 1.29 is 22.7 Å². The normalized spacial score (nSPS) is 18.3. The molecule has 0 saturated carbocycles. The molecule has 2 N–H and O–H groups in total. The Morgan fingerprint density at radius 1 is 1.19 bits per heavy atom. The van der Waals surface area contributed by atoms with Crippen molar-refractivity contribution in [1.82, 2.24) is 19.9 Å². The van der Waals surface area contributed by atoms with Crippen LogP contribution in [0.4, 0.5) is 29.5 Å². The summed E-state index contributed by atoms with van der Waals surface area (Å²) in [6.45, 7) is 5.14. The van der Waals surface area contributed by atoms with E-state index in [1.165, 1.54) is 4.90 Å². The van der Waals surface area contributed by atoms with Gasteiger partial charge in [0.2, 0.25) is 0 Å². The van der Waals surface area contributed by atoms with Gasteiger partial charge in [0.05, 0.1) is 37.1 Å². The minimum atomic E-state index is -4.22. The molecular formula is C26H29F3N6O2. The number of amides is 2. The Bertz CT molecular complexity index is 1240. The lowest BCUT2D eigenvalue weighted by molar-refractivity contribution is -0.143. The third-order valence-corrected chi connectivity index (χ3v) is 6.81. The van der Waals surface area contributed by atoms with Crippen molar-refractivity contribution in [3.63, 3.8) is 0 Å². The molecule has 196 valence electrons. The largest absolute Gasteiger partial charge is 0.389 e. The van der Waals surface area contributed by atoms with Gasteiger partial charge in [-0.3, -0.25) is 0 Å². The van der Waals surface area contributed by atoms with Crippen LogP contribution in [0, 0.1) is 12.8 Å². The van der Waals surface area contributed by atoms with Crippen LogP contribution < -0.4 is 10.2 Å². The molecule has 4 heterocycles. The van der Waals surface area contributed by atoms with Crippen molar-refractivity contribution in [2.75, 3.05) is 49.6 Å². The van der Waals surface area contributed by atoms with Crippen LogP contribution in [0.25, 0.3) is 22.5 Å². The van der Waals surface area contributed by atoms with Crippen LogP contribution in [-0.4, -0.2) is 71.5 Å². The van der Waals surface area contributed by atoms with E-state index in [1.54, 1.807) is 18.6 Å². The van der Waals surface area contributed by atoms with Gasteiger partial charge in [-0.2, -0.15) is 13.2 Å². The molecule has 2 aromatic heterocycles. The van der Waals surface area contributed by atoms with Crippen LogP contribution in [0.3, 0.4) is 0 Å². The predicted octanol–water partition coefficient (Wildman–Crippen LogP) is 5.09. The number of carbonyl (C=O) groups excluding carboxylic acids is 1. The maximum Gasteiger partial charge on any atom is 0.389 e. The number of halogens is 3. The quantitative estimate of drug-likeness (QED) is 0.496. The van der Waals surface area contributed by atoms with Crippen LogP contribution in [0.2, 0.25) is 0 Å². The molecule has 3 aromatic rings. The van der Waals surface area contributed by atoms with Crippen LogP contribution >= 0.6 is 0 Å². The molecule has 2 amide bonds. The van der Waals surface area contributed by atoms with E-state index in [0.29, 0.717) is 31.9 Å². The molecule has 5 rings (SSSR count). The van der Waals surface area contributed by atoms with E-state index in [-0.39, 0.29) is 12.6 Å². The first-order valence-electron chi connectivity index (χ1n) is 12.3. The lowest BCUT2D eigenvalue weighted by Gasteiger charge is -2.28. The standard InChI is InChI=1S/C26H29F3N6O2/c1-17-2-3-20(32-25(36)35-5-4-18(15-35)13-26(27,28)29)12-21(17)19-10-22(23-14-30-16-31-23)33-24(11-19)34-6-8-37-9-7-34/h2-3,10-12,14,16,18H,4-9,13,15H2,1H3,(H,30,31)(H,32,36). The third-order valence-electron chi connectivity index (χ3n) is 6.81. The third kappa shape index (κ3) is 6.04. The van der Waals surface area contributed by atoms with Gasteiger partial charge in [0.25, 0.3) is 0 Å². The number of nitrogens with one attached hydrogen (secondary N) is 2. The van der Waals surface area contributed by atoms with Gasteiger partial charge in [0.15, 0.2) is 0 Å². The van der Waals surface area contributed by atoms with Gasteiger partial charge in [0.1, 0.15) is 5.82 Å². The first kappa shape index (κ1) is 25.1. The number of nitrogens with zero attached hydrogens (tertiary/aromatic N) is 4. The molecule has 0 spiro atoms. The van der Waals surface area contributed by atoms with Gasteiger partial charge in [-0.25, -0.2) is 14.8 Å². The fourth-order valence-corrected chi connectivity index (χ4v) is 4.88. The number of imidazole rings is 1. The molecule has 2 aliphatic rings. The highest BCUT2D eigenvalue weighted by molar-refractivity contribution is 5.91. The molecule has 8 nitrogen and oxygen atoms in total. The fraction of sp³-hybridized carbons (Fsp3) is 0.423. The Balaban J connectivity index is 1.39. The maximum absolute atomic E-state index is 12.8. The second kappa shape index (κ2) is 10.4. The topological polar surface area (TPSA) is 86.4 Å². The molecule has 1 aromatic carbocycles. The number of aromatic amines is 1. The lowest BCUT2D eigenvalue weighted by Crippen LogP contribution is -2.36. The second-order valence-electron chi connectivity index (χ2n) is 9.54. The number of aryl methyl sites for hydroxylation is 1. The minimum absolute atomic E-state index is 0.102. The Morgan fingerprint density at radius 2 is 2.00 bits per heavy atom. The number of urea groups is 1. The van der Waals surface area contributed by atoms with Gasteiger partial charge in [-0.1, -0.05) is 6.07 Å². The van der Waals surface area contributed by atoms with Crippen LogP contribution in [0.15, 0.2) is 42.9 Å². The number of anilines is 2. The fourth-order valence-electron chi connectivity index (χ4n) is 4.88. The summed E-state index contributed by atoms with van der Waals surface area (Å²) in [6, 6.07) is 9.24. The maximum atomic E-state index is 12.8. The molecule has 0 aliphatic carbocycles. The average Bonchev–Trinajstić information content (AvgIpc) is 3.57. The zero-order valence-corrected chi connectivity index (χ0v) is 20.5. The van der Waals surface area contributed by atoms with Crippen LogP contribution in [0.5, 0.6) is 0 Å². The minimum Gasteiger partial charge on any atom is -0.378 e. The Labute approximate surface area is 212 Å². The molecule has 1 unspecified atom stereocenters. The highest BCUT2D eigenvalue weighted by atomic mass is 19.4. The lowest BCUT2D eigenvalue weighted by atomic mass is 9.99. The number of pyridine rings is 1. The van der Waals surface area contributed by atoms with E-state index >= 15 is 0 Å². The molecule has 2 saturated heterocycles. The number of carbonyl (C=O) groups is 1. The number of alkyl halides is 3. The zero-order chi connectivity index (χ0) is 26.0. The summed E-state index contributed by atoms with van der Waals surface area (Å²) in [5, 5.41) is 2.87. The summed E-state index contributed by atoms with van der Waals surface area (Å²) in [7, 11) is 0. The van der Waals surface area contributed by atoms with Crippen molar-refractivity contribution in [2.24, 2.45) is 5.92 Å². The average molecular weight is 515 g/mol. The highest BCUT2D eigenvalue weighted by Crippen LogP contribution is 2.33. The first-order chi connectivity index (χ1) is 17.7. The van der Waals surface area contributed by atoms with Gasteiger partial charge in [-0.05, 0) is 60.2 Å². The van der Waals surface area contributed by atoms with Gasteiger partial charge in [-0.15, -0.1) is 0 Å².